The van der Waals surface area contributed by atoms with Gasteiger partial charge in [0.05, 0.1) is 11.4 Å². The van der Waals surface area contributed by atoms with E-state index >= 15 is 0 Å². The normalized spacial score (nSPS) is 10.2. The highest BCUT2D eigenvalue weighted by molar-refractivity contribution is 14.1. The van der Waals surface area contributed by atoms with Crippen LogP contribution in [0.25, 0.3) is 0 Å². The van der Waals surface area contributed by atoms with E-state index in [-0.39, 0.29) is 0 Å². The Bertz CT molecular complexity index is 529. The molecular weight excluding hydrogens is 391 g/mol. The van der Waals surface area contributed by atoms with Crippen LogP contribution in [0.4, 0.5) is 11.4 Å². The third-order valence-electron chi connectivity index (χ3n) is 2.39. The zero-order valence-corrected chi connectivity index (χ0v) is 12.8. The molecule has 0 radical (unpaired) electrons. The molecule has 0 atom stereocenters. The van der Waals surface area contributed by atoms with Crippen LogP contribution in [0.1, 0.15) is 5.56 Å². The first-order valence-corrected chi connectivity index (χ1v) is 7.05. The molecule has 0 spiro atoms. The fraction of sp³-hybridized carbons (Fsp3) is 0.0769. The summed E-state index contributed by atoms with van der Waals surface area (Å²) in [4.78, 5) is 0. The predicted molar refractivity (Wildman–Crippen MR) is 85.0 cm³/mol. The van der Waals surface area contributed by atoms with E-state index in [9.17, 15) is 0 Å². The standard InChI is InChI=1S/C13H12BrIN2/c14-10-3-1-2-9(6-10)8-17-13-5-4-11(15)7-12(13)16/h1-7,17H,8,16H2. The van der Waals surface area contributed by atoms with E-state index in [0.29, 0.717) is 0 Å². The zero-order chi connectivity index (χ0) is 12.3. The van der Waals surface area contributed by atoms with Gasteiger partial charge < -0.3 is 11.1 Å². The second-order valence-corrected chi connectivity index (χ2v) is 5.88. The van der Waals surface area contributed by atoms with Crippen LogP contribution in [-0.4, -0.2) is 0 Å². The first-order valence-electron chi connectivity index (χ1n) is 5.18. The summed E-state index contributed by atoms with van der Waals surface area (Å²) in [6.07, 6.45) is 0. The summed E-state index contributed by atoms with van der Waals surface area (Å²) in [7, 11) is 0. The molecule has 0 aliphatic rings. The van der Waals surface area contributed by atoms with Crippen molar-refractivity contribution in [1.29, 1.82) is 0 Å². The van der Waals surface area contributed by atoms with Crippen molar-refractivity contribution in [2.24, 2.45) is 0 Å². The molecule has 0 heterocycles. The highest BCUT2D eigenvalue weighted by atomic mass is 127. The van der Waals surface area contributed by atoms with Crippen molar-refractivity contribution in [3.05, 3.63) is 56.1 Å². The monoisotopic (exact) mass is 402 g/mol. The molecule has 0 saturated carbocycles. The molecule has 0 fully saturated rings. The molecule has 0 aliphatic heterocycles. The van der Waals surface area contributed by atoms with E-state index in [4.69, 9.17) is 5.73 Å². The van der Waals surface area contributed by atoms with Crippen molar-refractivity contribution in [2.75, 3.05) is 11.1 Å². The average molecular weight is 403 g/mol. The summed E-state index contributed by atoms with van der Waals surface area (Å²) in [5.74, 6) is 0. The van der Waals surface area contributed by atoms with Crippen molar-refractivity contribution in [1.82, 2.24) is 0 Å². The largest absolute Gasteiger partial charge is 0.397 e. The van der Waals surface area contributed by atoms with Gasteiger partial charge in [-0.15, -0.1) is 0 Å². The van der Waals surface area contributed by atoms with Crippen LogP contribution in [0.2, 0.25) is 0 Å². The van der Waals surface area contributed by atoms with Crippen molar-refractivity contribution >= 4 is 49.9 Å². The molecule has 2 aromatic rings. The van der Waals surface area contributed by atoms with Crippen molar-refractivity contribution < 1.29 is 0 Å². The molecule has 3 N–H and O–H groups in total. The van der Waals surface area contributed by atoms with Crippen LogP contribution in [0.5, 0.6) is 0 Å². The van der Waals surface area contributed by atoms with E-state index in [1.807, 2.05) is 30.3 Å². The fourth-order valence-electron chi connectivity index (χ4n) is 1.54. The minimum atomic E-state index is 0.768. The second kappa shape index (κ2) is 5.73. The SMILES string of the molecule is Nc1cc(I)ccc1NCc1cccc(Br)c1. The van der Waals surface area contributed by atoms with Gasteiger partial charge in [-0.1, -0.05) is 28.1 Å². The van der Waals surface area contributed by atoms with E-state index in [2.05, 4.69) is 56.0 Å². The summed E-state index contributed by atoms with van der Waals surface area (Å²) < 4.78 is 2.24. The average Bonchev–Trinajstić information content (AvgIpc) is 2.28. The highest BCUT2D eigenvalue weighted by Gasteiger charge is 2.00. The predicted octanol–water partition coefficient (Wildman–Crippen LogP) is 4.25. The van der Waals surface area contributed by atoms with E-state index in [0.717, 1.165) is 26.0 Å². The fourth-order valence-corrected chi connectivity index (χ4v) is 2.50. The first-order chi connectivity index (χ1) is 8.15. The highest BCUT2D eigenvalue weighted by Crippen LogP contribution is 2.22. The maximum Gasteiger partial charge on any atom is 0.0577 e. The number of benzene rings is 2. The molecule has 0 saturated heterocycles. The Morgan fingerprint density at radius 2 is 2.00 bits per heavy atom. The number of halogens is 2. The smallest absolute Gasteiger partial charge is 0.0577 e. The van der Waals surface area contributed by atoms with Gasteiger partial charge in [0, 0.05) is 14.6 Å². The van der Waals surface area contributed by atoms with Crippen molar-refractivity contribution in [2.45, 2.75) is 6.54 Å². The minimum absolute atomic E-state index is 0.768. The Kier molecular flexibility index (Phi) is 4.28. The van der Waals surface area contributed by atoms with Gasteiger partial charge >= 0.3 is 0 Å². The molecule has 2 nitrogen and oxygen atoms in total. The van der Waals surface area contributed by atoms with E-state index < -0.39 is 0 Å². The van der Waals surface area contributed by atoms with E-state index in [1.165, 1.54) is 5.56 Å². The summed E-state index contributed by atoms with van der Waals surface area (Å²) >= 11 is 5.71. The molecule has 2 rings (SSSR count). The van der Waals surface area contributed by atoms with E-state index in [1.54, 1.807) is 0 Å². The number of nitrogens with two attached hydrogens (primary N) is 1. The molecular formula is C13H12BrIN2. The van der Waals surface area contributed by atoms with Crippen LogP contribution in [0.15, 0.2) is 46.9 Å². The molecule has 0 bridgehead atoms. The van der Waals surface area contributed by atoms with Gasteiger partial charge in [0.1, 0.15) is 0 Å². The number of hydrogen-bond donors (Lipinski definition) is 2. The molecule has 4 heteroatoms. The number of hydrogen-bond acceptors (Lipinski definition) is 2. The second-order valence-electron chi connectivity index (χ2n) is 3.72. The van der Waals surface area contributed by atoms with Gasteiger partial charge in [0.25, 0.3) is 0 Å². The molecule has 0 aromatic heterocycles. The third-order valence-corrected chi connectivity index (χ3v) is 3.55. The number of anilines is 2. The van der Waals surface area contributed by atoms with Crippen molar-refractivity contribution in [3.63, 3.8) is 0 Å². The molecule has 0 amide bonds. The van der Waals surface area contributed by atoms with Crippen LogP contribution in [-0.2, 0) is 6.54 Å². The summed E-state index contributed by atoms with van der Waals surface area (Å²) in [5, 5.41) is 3.33. The summed E-state index contributed by atoms with van der Waals surface area (Å²) in [6, 6.07) is 14.2. The lowest BCUT2D eigenvalue weighted by Gasteiger charge is -2.09. The molecule has 17 heavy (non-hydrogen) atoms. The molecule has 0 unspecified atom stereocenters. The van der Waals surface area contributed by atoms with Gasteiger partial charge in [0.15, 0.2) is 0 Å². The summed E-state index contributed by atoms with van der Waals surface area (Å²) in [5.41, 5.74) is 8.92. The lowest BCUT2D eigenvalue weighted by atomic mass is 10.2. The maximum absolute atomic E-state index is 5.94. The van der Waals surface area contributed by atoms with Crippen LogP contribution in [0, 0.1) is 3.57 Å². The van der Waals surface area contributed by atoms with Gasteiger partial charge in [-0.2, -0.15) is 0 Å². The Balaban J connectivity index is 2.07. The van der Waals surface area contributed by atoms with Crippen molar-refractivity contribution in [3.8, 4) is 0 Å². The first kappa shape index (κ1) is 12.7. The van der Waals surface area contributed by atoms with Crippen LogP contribution in [0.3, 0.4) is 0 Å². The number of rotatable bonds is 3. The third kappa shape index (κ3) is 3.61. The Morgan fingerprint density at radius 1 is 1.18 bits per heavy atom. The Labute approximate surface area is 123 Å². The minimum Gasteiger partial charge on any atom is -0.397 e. The number of nitrogens with one attached hydrogen (secondary N) is 1. The maximum atomic E-state index is 5.94. The number of nitrogen functional groups attached to an aromatic ring is 1. The zero-order valence-electron chi connectivity index (χ0n) is 9.08. The van der Waals surface area contributed by atoms with Gasteiger partial charge in [0.2, 0.25) is 0 Å². The Morgan fingerprint density at radius 3 is 2.71 bits per heavy atom. The lowest BCUT2D eigenvalue weighted by molar-refractivity contribution is 1.15. The molecule has 0 aliphatic carbocycles. The van der Waals surface area contributed by atoms with Crippen LogP contribution >= 0.6 is 38.5 Å². The molecule has 2 aromatic carbocycles. The molecule has 88 valence electrons. The lowest BCUT2D eigenvalue weighted by Crippen LogP contribution is -2.02. The van der Waals surface area contributed by atoms with Gasteiger partial charge in [-0.05, 0) is 58.5 Å². The topological polar surface area (TPSA) is 38.0 Å². The van der Waals surface area contributed by atoms with Crippen LogP contribution < -0.4 is 11.1 Å². The Hall–Kier alpha value is -0.750. The van der Waals surface area contributed by atoms with Gasteiger partial charge in [-0.3, -0.25) is 0 Å². The quantitative estimate of drug-likeness (QED) is 0.595. The van der Waals surface area contributed by atoms with Gasteiger partial charge in [-0.25, -0.2) is 0 Å². The summed E-state index contributed by atoms with van der Waals surface area (Å²) in [6.45, 7) is 0.768.